The second-order valence-corrected chi connectivity index (χ2v) is 10.4. The number of nitrogens with two attached hydrogens (primary N) is 1. The fourth-order valence-electron chi connectivity index (χ4n) is 6.77. The number of nitrogens with one attached hydrogen (secondary N) is 1. The second kappa shape index (κ2) is 7.62. The fourth-order valence-corrected chi connectivity index (χ4v) is 6.77. The summed E-state index contributed by atoms with van der Waals surface area (Å²) in [5, 5.41) is 46.8. The number of aromatic hydroxyl groups is 1. The van der Waals surface area contributed by atoms with Gasteiger partial charge in [0, 0.05) is 35.6 Å². The van der Waals surface area contributed by atoms with E-state index < -0.39 is 81.9 Å². The molecule has 5 aliphatic rings. The number of anilines is 1. The molecule has 12 heteroatoms. The lowest BCUT2D eigenvalue weighted by Gasteiger charge is -2.46. The number of aliphatic hydroxyl groups excluding tert-OH is 2. The first-order valence-corrected chi connectivity index (χ1v) is 12.0. The third kappa shape index (κ3) is 2.93. The quantitative estimate of drug-likeness (QED) is 0.229. The molecule has 2 heterocycles. The number of nitrogens with zero attached hydrogens (tertiary/aromatic N) is 1. The summed E-state index contributed by atoms with van der Waals surface area (Å²) in [7, 11) is 0. The van der Waals surface area contributed by atoms with Crippen molar-refractivity contribution in [2.24, 2.45) is 17.6 Å². The van der Waals surface area contributed by atoms with Crippen molar-refractivity contribution in [1.29, 1.82) is 0 Å². The highest BCUT2D eigenvalue weighted by Gasteiger charge is 2.60. The van der Waals surface area contributed by atoms with E-state index in [9.17, 15) is 39.6 Å². The van der Waals surface area contributed by atoms with Crippen LogP contribution in [-0.4, -0.2) is 66.9 Å². The third-order valence-electron chi connectivity index (χ3n) is 8.54. The highest BCUT2D eigenvalue weighted by atomic mass is 19.1. The normalized spacial score (nSPS) is 31.2. The summed E-state index contributed by atoms with van der Waals surface area (Å²) in [6.45, 7) is 0.650. The van der Waals surface area contributed by atoms with Gasteiger partial charge in [-0.3, -0.25) is 24.1 Å². The molecule has 4 atom stereocenters. The molecule has 1 aromatic rings. The van der Waals surface area contributed by atoms with Gasteiger partial charge in [-0.25, -0.2) is 4.39 Å². The molecule has 2 amide bonds. The summed E-state index contributed by atoms with van der Waals surface area (Å²) in [6.07, 6.45) is 0.660. The van der Waals surface area contributed by atoms with Crippen LogP contribution in [0.4, 0.5) is 10.1 Å². The number of phenols is 1. The number of hydrogen-bond donors (Lipinski definition) is 6. The minimum absolute atomic E-state index is 0.0487. The number of Topliss-reactive ketones (excluding diaryl/α,β-unsaturated/α-hetero) is 2. The van der Waals surface area contributed by atoms with Gasteiger partial charge in [-0.05, 0) is 38.1 Å². The standard InChI is InChI=1S/C25H24FN3O8/c26-17-10-5-8-4-9-6-13(30)16(23(27)35)22(34)25(9,37)21(33)14(8)19(31)15(10)20(32)18-11(17)7-29-3-1-2-12(29)24(36)28-18/h8-9,12,31-32,34,37H,1-7H2,(H2,27,35)(H,28,36)/t8-,9+,12-,25+/m1/s1. The molecule has 0 aromatic heterocycles. The summed E-state index contributed by atoms with van der Waals surface area (Å²) in [5.74, 6) is -9.02. The average molecular weight is 513 g/mol. The monoisotopic (exact) mass is 513 g/mol. The van der Waals surface area contributed by atoms with Gasteiger partial charge in [-0.1, -0.05) is 0 Å². The molecule has 11 nitrogen and oxygen atoms in total. The number of primary amides is 1. The van der Waals surface area contributed by atoms with E-state index in [1.54, 1.807) is 0 Å². The van der Waals surface area contributed by atoms with Gasteiger partial charge < -0.3 is 31.5 Å². The number of rotatable bonds is 1. The van der Waals surface area contributed by atoms with Gasteiger partial charge in [0.1, 0.15) is 22.9 Å². The van der Waals surface area contributed by atoms with Gasteiger partial charge >= 0.3 is 0 Å². The van der Waals surface area contributed by atoms with E-state index in [1.807, 2.05) is 4.90 Å². The third-order valence-corrected chi connectivity index (χ3v) is 8.54. The molecule has 0 unspecified atom stereocenters. The zero-order chi connectivity index (χ0) is 26.5. The van der Waals surface area contributed by atoms with Crippen molar-refractivity contribution in [3.05, 3.63) is 39.4 Å². The number of fused-ring (bicyclic) bond motifs is 5. The zero-order valence-corrected chi connectivity index (χ0v) is 19.5. The van der Waals surface area contributed by atoms with Crippen LogP contribution in [0.25, 0.3) is 5.76 Å². The van der Waals surface area contributed by atoms with Gasteiger partial charge in [0.15, 0.2) is 17.1 Å². The number of halogens is 1. The summed E-state index contributed by atoms with van der Waals surface area (Å²) in [5.41, 5.74) is 0.676. The minimum atomic E-state index is -2.70. The van der Waals surface area contributed by atoms with Gasteiger partial charge in [-0.15, -0.1) is 0 Å². The van der Waals surface area contributed by atoms with Crippen LogP contribution in [0.2, 0.25) is 0 Å². The smallest absolute Gasteiger partial charge is 0.255 e. The summed E-state index contributed by atoms with van der Waals surface area (Å²) in [4.78, 5) is 52.3. The lowest BCUT2D eigenvalue weighted by molar-refractivity contribution is -0.147. The van der Waals surface area contributed by atoms with Gasteiger partial charge in [-0.2, -0.15) is 0 Å². The van der Waals surface area contributed by atoms with E-state index in [4.69, 9.17) is 5.73 Å². The van der Waals surface area contributed by atoms with Crippen molar-refractivity contribution in [2.45, 2.75) is 50.3 Å². The highest BCUT2D eigenvalue weighted by Crippen LogP contribution is 2.54. The molecular weight excluding hydrogens is 489 g/mol. The largest absolute Gasteiger partial charge is 0.508 e. The van der Waals surface area contributed by atoms with Crippen LogP contribution in [0.5, 0.6) is 5.75 Å². The Hall–Kier alpha value is -3.77. The first-order chi connectivity index (χ1) is 17.5. The van der Waals surface area contributed by atoms with Crippen LogP contribution in [0.3, 0.4) is 0 Å². The van der Waals surface area contributed by atoms with E-state index in [2.05, 4.69) is 5.32 Å². The van der Waals surface area contributed by atoms with Crippen molar-refractivity contribution in [3.8, 4) is 5.75 Å². The van der Waals surface area contributed by atoms with Crippen LogP contribution < -0.4 is 11.1 Å². The topological polar surface area (TPSA) is 190 Å². The van der Waals surface area contributed by atoms with E-state index in [-0.39, 0.29) is 47.3 Å². The number of phenolic OH excluding ortho intramolecular Hbond substituents is 1. The summed E-state index contributed by atoms with van der Waals surface area (Å²) >= 11 is 0. The van der Waals surface area contributed by atoms with Crippen LogP contribution in [0.15, 0.2) is 16.9 Å². The SMILES string of the molecule is NC(=O)C1=C(O)[C@@]2(O)C(=O)C3=C(O)c4c(O)c5c(c(F)c4C[C@H]3C[C@H]2CC1=O)CN1CCC[C@@H]1C(=O)N5. The first-order valence-electron chi connectivity index (χ1n) is 12.0. The minimum Gasteiger partial charge on any atom is -0.508 e. The van der Waals surface area contributed by atoms with Gasteiger partial charge in [0.2, 0.25) is 11.7 Å². The van der Waals surface area contributed by atoms with E-state index in [1.165, 1.54) is 0 Å². The van der Waals surface area contributed by atoms with Crippen molar-refractivity contribution in [3.63, 3.8) is 0 Å². The maximum atomic E-state index is 16.0. The molecule has 1 saturated heterocycles. The molecule has 2 fully saturated rings. The van der Waals surface area contributed by atoms with Crippen LogP contribution in [-0.2, 0) is 32.1 Å². The van der Waals surface area contributed by atoms with E-state index in [0.29, 0.717) is 13.0 Å². The van der Waals surface area contributed by atoms with Crippen molar-refractivity contribution in [2.75, 3.05) is 11.9 Å². The maximum absolute atomic E-state index is 16.0. The molecule has 2 aliphatic heterocycles. The Morgan fingerprint density at radius 3 is 2.57 bits per heavy atom. The predicted octanol–water partition coefficient (Wildman–Crippen LogP) is 0.479. The van der Waals surface area contributed by atoms with Crippen molar-refractivity contribution in [1.82, 2.24) is 4.90 Å². The Morgan fingerprint density at radius 2 is 1.86 bits per heavy atom. The molecule has 1 aromatic carbocycles. The van der Waals surface area contributed by atoms with Crippen molar-refractivity contribution >= 4 is 34.8 Å². The Morgan fingerprint density at radius 1 is 1.14 bits per heavy atom. The molecule has 6 rings (SSSR count). The molecule has 37 heavy (non-hydrogen) atoms. The van der Waals surface area contributed by atoms with Crippen molar-refractivity contribution < 1.29 is 44.0 Å². The molecular formula is C25H24FN3O8. The van der Waals surface area contributed by atoms with Crippen LogP contribution in [0, 0.1) is 17.7 Å². The second-order valence-electron chi connectivity index (χ2n) is 10.4. The fraction of sp³-hybridized carbons (Fsp3) is 0.440. The Kier molecular flexibility index (Phi) is 4.86. The first kappa shape index (κ1) is 23.6. The molecule has 1 saturated carbocycles. The Labute approximate surface area is 209 Å². The van der Waals surface area contributed by atoms with Crippen LogP contribution in [0.1, 0.15) is 42.4 Å². The molecule has 3 aliphatic carbocycles. The lowest BCUT2D eigenvalue weighted by atomic mass is 9.59. The lowest BCUT2D eigenvalue weighted by Crippen LogP contribution is -2.58. The number of amides is 2. The zero-order valence-electron chi connectivity index (χ0n) is 19.5. The number of benzene rings is 1. The van der Waals surface area contributed by atoms with Gasteiger partial charge in [0.25, 0.3) is 5.91 Å². The number of carbonyl (C=O) groups excluding carboxylic acids is 4. The maximum Gasteiger partial charge on any atom is 0.255 e. The molecule has 0 bridgehead atoms. The van der Waals surface area contributed by atoms with Gasteiger partial charge in [0.05, 0.1) is 17.3 Å². The molecule has 0 radical (unpaired) electrons. The Bertz CT molecular complexity index is 1410. The summed E-state index contributed by atoms with van der Waals surface area (Å²) < 4.78 is 16.0. The molecule has 194 valence electrons. The predicted molar refractivity (Wildman–Crippen MR) is 123 cm³/mol. The Balaban J connectivity index is 1.53. The number of ketones is 2. The number of carbonyl (C=O) groups is 4. The highest BCUT2D eigenvalue weighted by molar-refractivity contribution is 6.22. The number of aliphatic hydroxyl groups is 3. The van der Waals surface area contributed by atoms with E-state index in [0.717, 1.165) is 6.42 Å². The number of hydrogen-bond acceptors (Lipinski definition) is 9. The molecule has 7 N–H and O–H groups in total. The van der Waals surface area contributed by atoms with E-state index >= 15 is 4.39 Å². The molecule has 0 spiro atoms. The summed E-state index contributed by atoms with van der Waals surface area (Å²) in [6, 6.07) is -0.483. The average Bonchev–Trinajstić information content (AvgIpc) is 3.24. The van der Waals surface area contributed by atoms with Crippen LogP contribution >= 0.6 is 0 Å².